The molecular formula is C22H23N3O5. The van der Waals surface area contributed by atoms with Crippen LogP contribution in [0.3, 0.4) is 0 Å². The number of nitrogens with zero attached hydrogens (tertiary/aromatic N) is 2. The molecule has 1 aliphatic heterocycles. The molecule has 3 aromatic rings. The third kappa shape index (κ3) is 3.35. The number of benzene rings is 2. The Morgan fingerprint density at radius 2 is 1.93 bits per heavy atom. The highest BCUT2D eigenvalue weighted by atomic mass is 16.5. The van der Waals surface area contributed by atoms with Crippen LogP contribution in [0.2, 0.25) is 0 Å². The third-order valence-electron chi connectivity index (χ3n) is 5.19. The topological polar surface area (TPSA) is 110 Å². The van der Waals surface area contributed by atoms with Crippen molar-refractivity contribution in [3.05, 3.63) is 64.9 Å². The summed E-state index contributed by atoms with van der Waals surface area (Å²) in [6, 6.07) is 10.6. The molecule has 1 aromatic heterocycles. The van der Waals surface area contributed by atoms with Gasteiger partial charge in [-0.05, 0) is 30.2 Å². The second-order valence-corrected chi connectivity index (χ2v) is 6.95. The molecule has 156 valence electrons. The second kappa shape index (κ2) is 8.08. The van der Waals surface area contributed by atoms with Crippen molar-refractivity contribution in [3.63, 3.8) is 0 Å². The number of aromatic hydroxyl groups is 1. The van der Waals surface area contributed by atoms with Gasteiger partial charge >= 0.3 is 0 Å². The molecule has 4 rings (SSSR count). The standard InChI is InChI=1S/C22H23N3O5/c1-28-16-7-4-13(10-18(16)29-2)19-15-6-5-14(27)11-17(15)30-22-20(19)21(23)25(12-24-22)8-3-9-26/h4-7,10-12,19,23,26-27H,3,8-9H2,1-2H3/t19-/m1/s1. The molecule has 2 heterocycles. The maximum atomic E-state index is 9.94. The Hall–Kier alpha value is -3.52. The van der Waals surface area contributed by atoms with E-state index in [-0.39, 0.29) is 23.8 Å². The summed E-state index contributed by atoms with van der Waals surface area (Å²) in [7, 11) is 3.15. The Balaban J connectivity index is 1.94. The molecule has 0 spiro atoms. The summed E-state index contributed by atoms with van der Waals surface area (Å²) < 4.78 is 18.5. The number of methoxy groups -OCH3 is 2. The number of rotatable bonds is 6. The van der Waals surface area contributed by atoms with E-state index in [0.717, 1.165) is 11.1 Å². The lowest BCUT2D eigenvalue weighted by molar-refractivity contribution is 0.278. The SMILES string of the molecule is COc1ccc([C@@H]2c3ccc(O)cc3Oc3ncn(CCCO)c(=N)c32)cc1OC. The van der Waals surface area contributed by atoms with Crippen LogP contribution < -0.4 is 19.7 Å². The molecule has 0 radical (unpaired) electrons. The van der Waals surface area contributed by atoms with E-state index in [9.17, 15) is 10.2 Å². The smallest absolute Gasteiger partial charge is 0.228 e. The Labute approximate surface area is 173 Å². The van der Waals surface area contributed by atoms with Crippen LogP contribution in [0, 0.1) is 5.41 Å². The summed E-state index contributed by atoms with van der Waals surface area (Å²) in [6.07, 6.45) is 2.06. The Kier molecular flexibility index (Phi) is 5.33. The molecular weight excluding hydrogens is 386 g/mol. The number of nitrogens with one attached hydrogen (secondary N) is 1. The fraction of sp³-hybridized carbons (Fsp3) is 0.273. The van der Waals surface area contributed by atoms with Crippen LogP contribution in [-0.4, -0.2) is 40.6 Å². The van der Waals surface area contributed by atoms with E-state index in [1.54, 1.807) is 37.0 Å². The first-order valence-corrected chi connectivity index (χ1v) is 9.54. The number of ether oxygens (including phenoxy) is 3. The number of aliphatic hydroxyl groups is 1. The predicted molar refractivity (Wildman–Crippen MR) is 108 cm³/mol. The van der Waals surface area contributed by atoms with Gasteiger partial charge in [0.15, 0.2) is 11.5 Å². The van der Waals surface area contributed by atoms with Crippen LogP contribution in [0.5, 0.6) is 28.9 Å². The van der Waals surface area contributed by atoms with Gasteiger partial charge < -0.3 is 29.0 Å². The molecule has 0 amide bonds. The minimum atomic E-state index is -0.356. The number of fused-ring (bicyclic) bond motifs is 2. The molecule has 0 fully saturated rings. The Morgan fingerprint density at radius 1 is 1.13 bits per heavy atom. The molecule has 2 aromatic carbocycles. The summed E-state index contributed by atoms with van der Waals surface area (Å²) in [5.41, 5.74) is 2.55. The Bertz CT molecular complexity index is 1140. The molecule has 1 aliphatic rings. The molecule has 0 aliphatic carbocycles. The quantitative estimate of drug-likeness (QED) is 0.452. The van der Waals surface area contributed by atoms with Gasteiger partial charge in [-0.25, -0.2) is 4.98 Å². The fourth-order valence-corrected chi connectivity index (χ4v) is 3.75. The number of aromatic nitrogens is 2. The van der Waals surface area contributed by atoms with Crippen LogP contribution in [0.1, 0.15) is 29.0 Å². The van der Waals surface area contributed by atoms with E-state index in [1.807, 2.05) is 18.2 Å². The molecule has 8 nitrogen and oxygen atoms in total. The van der Waals surface area contributed by atoms with Gasteiger partial charge in [0, 0.05) is 30.7 Å². The van der Waals surface area contributed by atoms with Crippen molar-refractivity contribution in [1.82, 2.24) is 9.55 Å². The molecule has 8 heteroatoms. The first kappa shape index (κ1) is 19.8. The zero-order valence-electron chi connectivity index (χ0n) is 16.8. The van der Waals surface area contributed by atoms with Gasteiger partial charge in [0.2, 0.25) is 5.88 Å². The van der Waals surface area contributed by atoms with Gasteiger partial charge in [-0.15, -0.1) is 0 Å². The largest absolute Gasteiger partial charge is 0.508 e. The van der Waals surface area contributed by atoms with E-state index in [4.69, 9.17) is 19.6 Å². The normalized spacial score (nSPS) is 14.4. The summed E-state index contributed by atoms with van der Waals surface area (Å²) in [4.78, 5) is 4.42. The Morgan fingerprint density at radius 3 is 2.67 bits per heavy atom. The average molecular weight is 409 g/mol. The number of hydrogen-bond donors (Lipinski definition) is 3. The highest BCUT2D eigenvalue weighted by molar-refractivity contribution is 5.58. The zero-order valence-corrected chi connectivity index (χ0v) is 16.8. The van der Waals surface area contributed by atoms with Crippen LogP contribution >= 0.6 is 0 Å². The average Bonchev–Trinajstić information content (AvgIpc) is 2.76. The van der Waals surface area contributed by atoms with Gasteiger partial charge in [0.1, 0.15) is 23.3 Å². The lowest BCUT2D eigenvalue weighted by Gasteiger charge is -2.29. The summed E-state index contributed by atoms with van der Waals surface area (Å²) in [5, 5.41) is 27.9. The van der Waals surface area contributed by atoms with Crippen molar-refractivity contribution in [3.8, 4) is 28.9 Å². The first-order chi connectivity index (χ1) is 14.6. The molecule has 0 bridgehead atoms. The van der Waals surface area contributed by atoms with Gasteiger partial charge in [0.25, 0.3) is 0 Å². The van der Waals surface area contributed by atoms with Gasteiger partial charge in [-0.2, -0.15) is 0 Å². The fourth-order valence-electron chi connectivity index (χ4n) is 3.75. The van der Waals surface area contributed by atoms with E-state index < -0.39 is 0 Å². The highest BCUT2D eigenvalue weighted by Crippen LogP contribution is 2.47. The van der Waals surface area contributed by atoms with Gasteiger partial charge in [-0.1, -0.05) is 12.1 Å². The monoisotopic (exact) mass is 409 g/mol. The molecule has 3 N–H and O–H groups in total. The minimum absolute atomic E-state index is 0.0290. The van der Waals surface area contributed by atoms with Crippen molar-refractivity contribution >= 4 is 0 Å². The van der Waals surface area contributed by atoms with E-state index >= 15 is 0 Å². The number of phenolic OH excluding ortho intramolecular Hbond substituents is 1. The lowest BCUT2D eigenvalue weighted by atomic mass is 9.83. The van der Waals surface area contributed by atoms with E-state index in [1.165, 1.54) is 6.33 Å². The van der Waals surface area contributed by atoms with Crippen LogP contribution in [0.15, 0.2) is 42.7 Å². The van der Waals surface area contributed by atoms with Gasteiger partial charge in [-0.3, -0.25) is 5.41 Å². The maximum Gasteiger partial charge on any atom is 0.228 e. The highest BCUT2D eigenvalue weighted by Gasteiger charge is 2.32. The van der Waals surface area contributed by atoms with Crippen molar-refractivity contribution in [2.45, 2.75) is 18.9 Å². The molecule has 0 saturated carbocycles. The van der Waals surface area contributed by atoms with Crippen molar-refractivity contribution < 1.29 is 24.4 Å². The van der Waals surface area contributed by atoms with E-state index in [2.05, 4.69) is 4.98 Å². The minimum Gasteiger partial charge on any atom is -0.508 e. The number of aryl methyl sites for hydroxylation is 1. The van der Waals surface area contributed by atoms with Crippen molar-refractivity contribution in [2.24, 2.45) is 0 Å². The molecule has 1 atom stereocenters. The first-order valence-electron chi connectivity index (χ1n) is 9.54. The van der Waals surface area contributed by atoms with Crippen molar-refractivity contribution in [2.75, 3.05) is 20.8 Å². The van der Waals surface area contributed by atoms with Crippen LogP contribution in [-0.2, 0) is 6.54 Å². The van der Waals surface area contributed by atoms with Crippen molar-refractivity contribution in [1.29, 1.82) is 5.41 Å². The third-order valence-corrected chi connectivity index (χ3v) is 5.19. The number of hydrogen-bond acceptors (Lipinski definition) is 7. The summed E-state index contributed by atoms with van der Waals surface area (Å²) in [6.45, 7) is 0.498. The lowest BCUT2D eigenvalue weighted by Crippen LogP contribution is -2.30. The molecule has 30 heavy (non-hydrogen) atoms. The van der Waals surface area contributed by atoms with Crippen LogP contribution in [0.4, 0.5) is 0 Å². The second-order valence-electron chi connectivity index (χ2n) is 6.95. The maximum absolute atomic E-state index is 9.94. The zero-order chi connectivity index (χ0) is 21.3. The number of aliphatic hydroxyl groups excluding tert-OH is 1. The molecule has 0 unspecified atom stereocenters. The van der Waals surface area contributed by atoms with Crippen LogP contribution in [0.25, 0.3) is 0 Å². The summed E-state index contributed by atoms with van der Waals surface area (Å²) >= 11 is 0. The number of phenols is 1. The van der Waals surface area contributed by atoms with Gasteiger partial charge in [0.05, 0.1) is 19.8 Å². The van der Waals surface area contributed by atoms with E-state index in [0.29, 0.717) is 41.7 Å². The molecule has 0 saturated heterocycles. The summed E-state index contributed by atoms with van der Waals surface area (Å²) in [5.74, 6) is 1.72. The predicted octanol–water partition coefficient (Wildman–Crippen LogP) is 2.75.